The average Bonchev–Trinajstić information content (AvgIpc) is 2.79. The summed E-state index contributed by atoms with van der Waals surface area (Å²) in [6.07, 6.45) is 1.69. The number of aliphatic carboxylic acids is 1. The van der Waals surface area contributed by atoms with E-state index in [1.54, 1.807) is 6.07 Å². The van der Waals surface area contributed by atoms with Crippen LogP contribution in [0.3, 0.4) is 0 Å². The van der Waals surface area contributed by atoms with Gasteiger partial charge in [-0.3, -0.25) is 19.8 Å². The third-order valence-corrected chi connectivity index (χ3v) is 3.77. The van der Waals surface area contributed by atoms with Gasteiger partial charge in [-0.1, -0.05) is 25.2 Å². The SMILES string of the molecule is CCCN(CCC)C(C(=O)O)c1ccc([N+](=O)[O-])s1. The zero-order valence-electron chi connectivity index (χ0n) is 11.0. The van der Waals surface area contributed by atoms with Gasteiger partial charge in [0.25, 0.3) is 0 Å². The molecule has 0 aliphatic rings. The summed E-state index contributed by atoms with van der Waals surface area (Å²) < 4.78 is 0. The molecule has 0 bridgehead atoms. The fourth-order valence-electron chi connectivity index (χ4n) is 1.99. The minimum atomic E-state index is -0.960. The Balaban J connectivity index is 3.03. The van der Waals surface area contributed by atoms with E-state index in [9.17, 15) is 20.0 Å². The van der Waals surface area contributed by atoms with E-state index in [1.165, 1.54) is 6.07 Å². The fraction of sp³-hybridized carbons (Fsp3) is 0.583. The molecule has 0 aliphatic carbocycles. The van der Waals surface area contributed by atoms with Gasteiger partial charge >= 0.3 is 11.0 Å². The van der Waals surface area contributed by atoms with E-state index in [-0.39, 0.29) is 5.00 Å². The number of thiophene rings is 1. The van der Waals surface area contributed by atoms with Gasteiger partial charge in [-0.2, -0.15) is 0 Å². The predicted molar refractivity (Wildman–Crippen MR) is 73.5 cm³/mol. The average molecular weight is 286 g/mol. The summed E-state index contributed by atoms with van der Waals surface area (Å²) >= 11 is 0.936. The molecule has 1 N–H and O–H groups in total. The van der Waals surface area contributed by atoms with Gasteiger partial charge in [0.2, 0.25) is 0 Å². The smallest absolute Gasteiger partial charge is 0.326 e. The summed E-state index contributed by atoms with van der Waals surface area (Å²) in [5, 5.41) is 20.1. The molecule has 19 heavy (non-hydrogen) atoms. The Bertz CT molecular complexity index is 441. The molecule has 0 fully saturated rings. The second-order valence-corrected chi connectivity index (χ2v) is 5.30. The molecular formula is C12H18N2O4S. The first-order valence-electron chi connectivity index (χ1n) is 6.22. The van der Waals surface area contributed by atoms with Gasteiger partial charge in [-0.15, -0.1) is 0 Å². The molecule has 0 saturated heterocycles. The molecule has 0 spiro atoms. The Morgan fingerprint density at radius 1 is 1.42 bits per heavy atom. The minimum Gasteiger partial charge on any atom is -0.480 e. The Hall–Kier alpha value is -1.47. The highest BCUT2D eigenvalue weighted by atomic mass is 32.1. The number of hydrogen-bond acceptors (Lipinski definition) is 5. The molecule has 1 aromatic rings. The first-order valence-corrected chi connectivity index (χ1v) is 7.03. The first kappa shape index (κ1) is 15.6. The number of hydrogen-bond donors (Lipinski definition) is 1. The summed E-state index contributed by atoms with van der Waals surface area (Å²) in [5.41, 5.74) is 0. The monoisotopic (exact) mass is 286 g/mol. The highest BCUT2D eigenvalue weighted by molar-refractivity contribution is 7.15. The zero-order chi connectivity index (χ0) is 14.4. The Labute approximate surface area is 115 Å². The van der Waals surface area contributed by atoms with Crippen LogP contribution in [0.2, 0.25) is 0 Å². The molecule has 0 aromatic carbocycles. The third kappa shape index (κ3) is 4.00. The highest BCUT2D eigenvalue weighted by Gasteiger charge is 2.29. The van der Waals surface area contributed by atoms with Crippen LogP contribution >= 0.6 is 11.3 Å². The third-order valence-electron chi connectivity index (χ3n) is 2.68. The van der Waals surface area contributed by atoms with E-state index in [1.807, 2.05) is 18.7 Å². The van der Waals surface area contributed by atoms with Crippen LogP contribution in [0.4, 0.5) is 5.00 Å². The Morgan fingerprint density at radius 3 is 2.37 bits per heavy atom. The molecule has 1 aromatic heterocycles. The summed E-state index contributed by atoms with van der Waals surface area (Å²) in [6, 6.07) is 2.12. The first-order chi connectivity index (χ1) is 9.01. The number of nitro groups is 1. The lowest BCUT2D eigenvalue weighted by Crippen LogP contribution is -2.34. The second kappa shape index (κ2) is 7.20. The molecule has 1 heterocycles. The highest BCUT2D eigenvalue weighted by Crippen LogP contribution is 2.32. The van der Waals surface area contributed by atoms with E-state index >= 15 is 0 Å². The maximum Gasteiger partial charge on any atom is 0.326 e. The van der Waals surface area contributed by atoms with Crippen molar-refractivity contribution in [1.82, 2.24) is 4.90 Å². The van der Waals surface area contributed by atoms with Crippen molar-refractivity contribution in [1.29, 1.82) is 0 Å². The van der Waals surface area contributed by atoms with Crippen molar-refractivity contribution in [2.24, 2.45) is 0 Å². The lowest BCUT2D eigenvalue weighted by Gasteiger charge is -2.27. The largest absolute Gasteiger partial charge is 0.480 e. The molecule has 0 radical (unpaired) electrons. The van der Waals surface area contributed by atoms with Gasteiger partial charge in [-0.05, 0) is 32.0 Å². The summed E-state index contributed by atoms with van der Waals surface area (Å²) in [4.78, 5) is 24.0. The second-order valence-electron chi connectivity index (χ2n) is 4.21. The van der Waals surface area contributed by atoms with Crippen molar-refractivity contribution < 1.29 is 14.8 Å². The van der Waals surface area contributed by atoms with Gasteiger partial charge in [-0.25, -0.2) is 0 Å². The number of rotatable bonds is 8. The van der Waals surface area contributed by atoms with Gasteiger partial charge in [0, 0.05) is 10.9 Å². The maximum absolute atomic E-state index is 11.5. The quantitative estimate of drug-likeness (QED) is 0.586. The van der Waals surface area contributed by atoms with E-state index < -0.39 is 16.9 Å². The lowest BCUT2D eigenvalue weighted by molar-refractivity contribution is -0.380. The van der Waals surface area contributed by atoms with E-state index in [2.05, 4.69) is 0 Å². The van der Waals surface area contributed by atoms with E-state index in [0.29, 0.717) is 18.0 Å². The van der Waals surface area contributed by atoms with Gasteiger partial charge < -0.3 is 5.11 Å². The van der Waals surface area contributed by atoms with Crippen LogP contribution in [0.1, 0.15) is 37.6 Å². The van der Waals surface area contributed by atoms with Gasteiger partial charge in [0.05, 0.1) is 4.92 Å². The van der Waals surface area contributed by atoms with Gasteiger partial charge in [0.15, 0.2) is 0 Å². The Kier molecular flexibility index (Phi) is 5.91. The molecule has 6 nitrogen and oxygen atoms in total. The van der Waals surface area contributed by atoms with Crippen molar-refractivity contribution in [3.05, 3.63) is 27.1 Å². The molecule has 106 valence electrons. The summed E-state index contributed by atoms with van der Waals surface area (Å²) in [5.74, 6) is -0.960. The van der Waals surface area contributed by atoms with E-state index in [4.69, 9.17) is 0 Å². The van der Waals surface area contributed by atoms with Crippen LogP contribution in [0.5, 0.6) is 0 Å². The van der Waals surface area contributed by atoms with Crippen LogP contribution in [-0.2, 0) is 4.79 Å². The van der Waals surface area contributed by atoms with Crippen LogP contribution in [0, 0.1) is 10.1 Å². The minimum absolute atomic E-state index is 0.0193. The van der Waals surface area contributed by atoms with Crippen LogP contribution < -0.4 is 0 Å². The van der Waals surface area contributed by atoms with Crippen molar-refractivity contribution in [2.45, 2.75) is 32.7 Å². The predicted octanol–water partition coefficient (Wildman–Crippen LogP) is 2.90. The molecular weight excluding hydrogens is 268 g/mol. The molecule has 0 saturated carbocycles. The molecule has 7 heteroatoms. The van der Waals surface area contributed by atoms with Gasteiger partial charge in [0.1, 0.15) is 6.04 Å². The normalized spacial score (nSPS) is 12.6. The van der Waals surface area contributed by atoms with Crippen molar-refractivity contribution in [3.8, 4) is 0 Å². The summed E-state index contributed by atoms with van der Waals surface area (Å²) in [6.45, 7) is 5.30. The number of nitrogens with zero attached hydrogens (tertiary/aromatic N) is 2. The molecule has 0 aliphatic heterocycles. The molecule has 1 atom stereocenters. The number of carbonyl (C=O) groups is 1. The summed E-state index contributed by atoms with van der Waals surface area (Å²) in [7, 11) is 0. The van der Waals surface area contributed by atoms with Crippen LogP contribution in [0.25, 0.3) is 0 Å². The van der Waals surface area contributed by atoms with Crippen molar-refractivity contribution in [2.75, 3.05) is 13.1 Å². The Morgan fingerprint density at radius 2 is 2.00 bits per heavy atom. The molecule has 0 amide bonds. The maximum atomic E-state index is 11.5. The van der Waals surface area contributed by atoms with Crippen molar-refractivity contribution >= 4 is 22.3 Å². The van der Waals surface area contributed by atoms with Crippen LogP contribution in [0.15, 0.2) is 12.1 Å². The standard InChI is InChI=1S/C12H18N2O4S/c1-3-7-13(8-4-2)11(12(15)16)9-5-6-10(19-9)14(17)18/h5-6,11H,3-4,7-8H2,1-2H3,(H,15,16). The zero-order valence-corrected chi connectivity index (χ0v) is 11.9. The van der Waals surface area contributed by atoms with Crippen LogP contribution in [-0.4, -0.2) is 34.0 Å². The van der Waals surface area contributed by atoms with Crippen molar-refractivity contribution in [3.63, 3.8) is 0 Å². The molecule has 1 rings (SSSR count). The topological polar surface area (TPSA) is 83.7 Å². The van der Waals surface area contributed by atoms with E-state index in [0.717, 1.165) is 24.2 Å². The lowest BCUT2D eigenvalue weighted by atomic mass is 10.2. The number of carboxylic acids is 1. The fourth-order valence-corrected chi connectivity index (χ4v) is 2.94. The number of carboxylic acid groups (broad SMARTS) is 1. The molecule has 1 unspecified atom stereocenters.